The van der Waals surface area contributed by atoms with E-state index in [0.29, 0.717) is 19.8 Å². The zero-order valence-electron chi connectivity index (χ0n) is 27.9. The van der Waals surface area contributed by atoms with Crippen molar-refractivity contribution in [3.05, 3.63) is 52.7 Å². The van der Waals surface area contributed by atoms with Gasteiger partial charge in [0.15, 0.2) is 0 Å². The minimum Gasteiger partial charge on any atom is -0.488 e. The molecule has 0 aromatic heterocycles. The van der Waals surface area contributed by atoms with E-state index >= 15 is 0 Å². The average Bonchev–Trinajstić information content (AvgIpc) is 3.64. The Kier molecular flexibility index (Phi) is 7.26. The van der Waals surface area contributed by atoms with Crippen molar-refractivity contribution in [3.63, 3.8) is 0 Å². The number of amides is 1. The van der Waals surface area contributed by atoms with E-state index in [2.05, 4.69) is 58.0 Å². The highest BCUT2D eigenvalue weighted by Gasteiger charge is 2.52. The molecular formula is C36H45BN2O6. The molecule has 1 aliphatic carbocycles. The monoisotopic (exact) mass is 612 g/mol. The number of methoxy groups -OCH3 is 1. The second-order valence-corrected chi connectivity index (χ2v) is 15.2. The van der Waals surface area contributed by atoms with Crippen molar-refractivity contribution in [3.8, 4) is 16.9 Å². The third-order valence-corrected chi connectivity index (χ3v) is 10.3. The van der Waals surface area contributed by atoms with Crippen molar-refractivity contribution in [1.29, 1.82) is 0 Å². The van der Waals surface area contributed by atoms with E-state index in [4.69, 9.17) is 28.5 Å². The number of fused-ring (bicyclic) bond motifs is 5. The van der Waals surface area contributed by atoms with E-state index in [1.165, 1.54) is 22.3 Å². The van der Waals surface area contributed by atoms with Crippen molar-refractivity contribution >= 4 is 30.0 Å². The van der Waals surface area contributed by atoms with E-state index in [1.807, 2.05) is 25.7 Å². The quantitative estimate of drug-likeness (QED) is 0.376. The predicted molar refractivity (Wildman–Crippen MR) is 176 cm³/mol. The van der Waals surface area contributed by atoms with Gasteiger partial charge in [0.05, 0.1) is 23.9 Å². The number of hydrogen-bond acceptors (Lipinski definition) is 7. The number of carbonyl (C=O) groups is 1. The Morgan fingerprint density at radius 1 is 1.02 bits per heavy atom. The molecule has 238 valence electrons. The maximum atomic E-state index is 13.3. The number of aliphatic imine (C=N–C) groups is 1. The van der Waals surface area contributed by atoms with Crippen LogP contribution in [0, 0.1) is 5.92 Å². The number of likely N-dealkylation sites (tertiary alicyclic amines) is 1. The summed E-state index contributed by atoms with van der Waals surface area (Å²) in [4.78, 5) is 20.3. The van der Waals surface area contributed by atoms with E-state index in [1.54, 1.807) is 7.11 Å². The van der Waals surface area contributed by atoms with Crippen LogP contribution in [0.1, 0.15) is 84.4 Å². The first-order valence-electron chi connectivity index (χ1n) is 16.3. The van der Waals surface area contributed by atoms with Gasteiger partial charge < -0.3 is 23.5 Å². The van der Waals surface area contributed by atoms with Crippen LogP contribution in [-0.2, 0) is 31.8 Å². The van der Waals surface area contributed by atoms with Crippen LogP contribution in [0.2, 0.25) is 0 Å². The molecule has 0 bridgehead atoms. The molecule has 0 N–H and O–H groups in total. The molecule has 8 nitrogen and oxygen atoms in total. The van der Waals surface area contributed by atoms with Gasteiger partial charge in [-0.1, -0.05) is 18.2 Å². The largest absolute Gasteiger partial charge is 0.494 e. The maximum Gasteiger partial charge on any atom is 0.494 e. The fraction of sp³-hybridized carbons (Fsp3) is 0.556. The lowest BCUT2D eigenvalue weighted by molar-refractivity contribution is 0.00578. The minimum atomic E-state index is -0.555. The summed E-state index contributed by atoms with van der Waals surface area (Å²) in [7, 11) is 1.32. The normalized spacial score (nSPS) is 24.5. The molecule has 2 aromatic carbocycles. The first-order chi connectivity index (χ1) is 21.2. The molecule has 0 unspecified atom stereocenters. The molecule has 2 saturated heterocycles. The summed E-state index contributed by atoms with van der Waals surface area (Å²) in [5.41, 5.74) is 9.17. The second-order valence-electron chi connectivity index (χ2n) is 15.2. The number of ether oxygens (including phenoxy) is 3. The van der Waals surface area contributed by atoms with Gasteiger partial charge in [0.2, 0.25) is 0 Å². The SMILES string of the molecule is COC[C@@H]1C[C@@H](C2=NC3=C(C2)c2cc4c(cc2CC3)-c2ccc(B3OC(C)(C)C(C)(C)O3)cc2CO4)N(C(=O)OC(C)(C)C)C1. The van der Waals surface area contributed by atoms with Gasteiger partial charge in [-0.05, 0) is 113 Å². The zero-order valence-corrected chi connectivity index (χ0v) is 27.9. The van der Waals surface area contributed by atoms with Gasteiger partial charge in [-0.3, -0.25) is 9.89 Å². The molecule has 0 saturated carbocycles. The lowest BCUT2D eigenvalue weighted by Gasteiger charge is -2.32. The molecule has 2 fully saturated rings. The molecule has 4 heterocycles. The molecule has 1 amide bonds. The predicted octanol–water partition coefficient (Wildman–Crippen LogP) is 6.32. The Morgan fingerprint density at radius 2 is 1.78 bits per heavy atom. The van der Waals surface area contributed by atoms with Gasteiger partial charge in [-0.15, -0.1) is 0 Å². The molecule has 2 atom stereocenters. The highest BCUT2D eigenvalue weighted by Crippen LogP contribution is 2.47. The van der Waals surface area contributed by atoms with Gasteiger partial charge in [0, 0.05) is 43.0 Å². The molecule has 5 aliphatic rings. The fourth-order valence-corrected chi connectivity index (χ4v) is 7.30. The zero-order chi connectivity index (χ0) is 31.9. The number of rotatable bonds is 4. The van der Waals surface area contributed by atoms with Crippen molar-refractivity contribution in [2.75, 3.05) is 20.3 Å². The van der Waals surface area contributed by atoms with Crippen molar-refractivity contribution in [2.24, 2.45) is 10.9 Å². The Hall–Kier alpha value is -3.14. The number of hydrogen-bond donors (Lipinski definition) is 0. The summed E-state index contributed by atoms with van der Waals surface area (Å²) in [6, 6.07) is 10.9. The van der Waals surface area contributed by atoms with Crippen molar-refractivity contribution in [2.45, 2.75) is 104 Å². The molecule has 0 radical (unpaired) electrons. The number of carbonyl (C=O) groups excluding carboxylic acids is 1. The van der Waals surface area contributed by atoms with Gasteiger partial charge in [-0.25, -0.2) is 4.79 Å². The van der Waals surface area contributed by atoms with Gasteiger partial charge in [0.1, 0.15) is 18.0 Å². The number of benzene rings is 2. The standard InChI is InChI=1S/C36H45BN2O6/c1-34(2,3)43-33(40)39-18-21(19-41-8)13-31(39)30-16-27-26-17-32-28(15-22(26)9-12-29(27)38-30)25-11-10-24(14-23(25)20-42-32)37-44-35(4,5)36(6,7)45-37/h10-11,14-15,17,21,31H,9,12-13,16,18-20H2,1-8H3/t21-,31+/m1/s1. The summed E-state index contributed by atoms with van der Waals surface area (Å²) in [6.07, 6.45) is 3.10. The average molecular weight is 613 g/mol. The van der Waals surface area contributed by atoms with E-state index in [-0.39, 0.29) is 29.3 Å². The molecule has 4 aliphatic heterocycles. The van der Waals surface area contributed by atoms with E-state index in [0.717, 1.165) is 59.4 Å². The third-order valence-electron chi connectivity index (χ3n) is 10.3. The molecule has 2 aromatic rings. The smallest absolute Gasteiger partial charge is 0.488 e. The van der Waals surface area contributed by atoms with E-state index < -0.39 is 12.7 Å². The third kappa shape index (κ3) is 5.41. The van der Waals surface area contributed by atoms with Gasteiger partial charge >= 0.3 is 13.2 Å². The highest BCUT2D eigenvalue weighted by molar-refractivity contribution is 6.62. The van der Waals surface area contributed by atoms with Crippen LogP contribution < -0.4 is 10.2 Å². The van der Waals surface area contributed by atoms with Crippen LogP contribution in [-0.4, -0.2) is 66.9 Å². The minimum absolute atomic E-state index is 0.0898. The summed E-state index contributed by atoms with van der Waals surface area (Å²) in [5.74, 6) is 1.16. The molecular weight excluding hydrogens is 567 g/mol. The van der Waals surface area contributed by atoms with Gasteiger partial charge in [-0.2, -0.15) is 0 Å². The van der Waals surface area contributed by atoms with Crippen LogP contribution in [0.15, 0.2) is 41.0 Å². The first kappa shape index (κ1) is 30.5. The molecule has 9 heteroatoms. The van der Waals surface area contributed by atoms with Crippen LogP contribution in [0.25, 0.3) is 16.7 Å². The number of nitrogens with zero attached hydrogens (tertiary/aromatic N) is 2. The summed E-state index contributed by atoms with van der Waals surface area (Å²) < 4.78 is 30.3. The van der Waals surface area contributed by atoms with Gasteiger partial charge in [0.25, 0.3) is 0 Å². The topological polar surface area (TPSA) is 78.8 Å². The van der Waals surface area contributed by atoms with Crippen LogP contribution >= 0.6 is 0 Å². The van der Waals surface area contributed by atoms with Crippen LogP contribution in [0.4, 0.5) is 4.79 Å². The highest BCUT2D eigenvalue weighted by atomic mass is 16.7. The Labute approximate surface area is 267 Å². The Bertz CT molecular complexity index is 1600. The molecule has 0 spiro atoms. The fourth-order valence-electron chi connectivity index (χ4n) is 7.30. The van der Waals surface area contributed by atoms with Crippen LogP contribution in [0.3, 0.4) is 0 Å². The summed E-state index contributed by atoms with van der Waals surface area (Å²) in [6.45, 7) is 15.8. The maximum absolute atomic E-state index is 13.3. The lowest BCUT2D eigenvalue weighted by Crippen LogP contribution is -2.43. The number of allylic oxidation sites excluding steroid dienone is 2. The van der Waals surface area contributed by atoms with Crippen molar-refractivity contribution in [1.82, 2.24) is 4.90 Å². The summed E-state index contributed by atoms with van der Waals surface area (Å²) >= 11 is 0. The second kappa shape index (κ2) is 10.7. The lowest BCUT2D eigenvalue weighted by atomic mass is 9.76. The Morgan fingerprint density at radius 3 is 2.49 bits per heavy atom. The molecule has 7 rings (SSSR count). The Balaban J connectivity index is 1.13. The first-order valence-corrected chi connectivity index (χ1v) is 16.3. The van der Waals surface area contributed by atoms with E-state index in [9.17, 15) is 4.79 Å². The van der Waals surface area contributed by atoms with Crippen LogP contribution in [0.5, 0.6) is 5.75 Å². The summed E-state index contributed by atoms with van der Waals surface area (Å²) in [5, 5.41) is 0. The number of aryl methyl sites for hydroxylation is 1. The molecule has 45 heavy (non-hydrogen) atoms. The van der Waals surface area contributed by atoms with Crippen molar-refractivity contribution < 1.29 is 28.3 Å².